The average Bonchev–Trinajstić information content (AvgIpc) is 2.78. The van der Waals surface area contributed by atoms with Crippen LogP contribution in [0, 0.1) is 0 Å². The van der Waals surface area contributed by atoms with Gasteiger partial charge in [-0.3, -0.25) is 4.79 Å². The van der Waals surface area contributed by atoms with Crippen LogP contribution < -0.4 is 5.43 Å². The molecule has 5 aromatic carbocycles. The van der Waals surface area contributed by atoms with Gasteiger partial charge in [0.05, 0.1) is 11.8 Å². The van der Waals surface area contributed by atoms with E-state index in [-0.39, 0.29) is 11.3 Å². The van der Waals surface area contributed by atoms with Crippen LogP contribution in [-0.4, -0.2) is 17.2 Å². The number of phenolic OH excluding ortho intramolecular Hbond substituents is 1. The Labute approximate surface area is 173 Å². The zero-order valence-corrected chi connectivity index (χ0v) is 16.0. The molecule has 0 aliphatic carbocycles. The summed E-state index contributed by atoms with van der Waals surface area (Å²) < 4.78 is 0. The lowest BCUT2D eigenvalue weighted by Crippen LogP contribution is -2.17. The van der Waals surface area contributed by atoms with Gasteiger partial charge in [-0.1, -0.05) is 72.8 Å². The van der Waals surface area contributed by atoms with Crippen LogP contribution in [0.4, 0.5) is 0 Å². The molecule has 0 radical (unpaired) electrons. The summed E-state index contributed by atoms with van der Waals surface area (Å²) >= 11 is 0. The third-order valence-corrected chi connectivity index (χ3v) is 5.28. The molecule has 5 rings (SSSR count). The maximum atomic E-state index is 12.6. The molecule has 0 atom stereocenters. The standard InChI is InChI=1S/C26H18N2O2/c29-25-15-18-8-2-1-7-17(18)14-23(25)26(30)28-27-16-24-21-11-5-3-9-19(21)13-20-10-4-6-12-22(20)24/h1-16,29H,(H,28,30). The Kier molecular flexibility index (Phi) is 4.37. The van der Waals surface area contributed by atoms with Gasteiger partial charge in [0, 0.05) is 5.56 Å². The number of hydrogen-bond acceptors (Lipinski definition) is 3. The summed E-state index contributed by atoms with van der Waals surface area (Å²) in [6.45, 7) is 0. The molecule has 4 nitrogen and oxygen atoms in total. The van der Waals surface area contributed by atoms with Crippen molar-refractivity contribution in [2.45, 2.75) is 0 Å². The van der Waals surface area contributed by atoms with Crippen LogP contribution >= 0.6 is 0 Å². The van der Waals surface area contributed by atoms with E-state index in [9.17, 15) is 9.90 Å². The van der Waals surface area contributed by atoms with Gasteiger partial charge in [0.1, 0.15) is 5.75 Å². The highest BCUT2D eigenvalue weighted by molar-refractivity contribution is 6.13. The van der Waals surface area contributed by atoms with Crippen molar-refractivity contribution in [3.8, 4) is 5.75 Å². The van der Waals surface area contributed by atoms with Gasteiger partial charge < -0.3 is 5.11 Å². The van der Waals surface area contributed by atoms with E-state index in [4.69, 9.17) is 0 Å². The fourth-order valence-electron chi connectivity index (χ4n) is 3.81. The number of nitrogens with zero attached hydrogens (tertiary/aromatic N) is 1. The van der Waals surface area contributed by atoms with Crippen LogP contribution in [0.1, 0.15) is 15.9 Å². The molecule has 5 aromatic rings. The third-order valence-electron chi connectivity index (χ3n) is 5.28. The van der Waals surface area contributed by atoms with Gasteiger partial charge >= 0.3 is 0 Å². The first-order valence-corrected chi connectivity index (χ1v) is 9.66. The fraction of sp³-hybridized carbons (Fsp3) is 0. The number of fused-ring (bicyclic) bond motifs is 3. The lowest BCUT2D eigenvalue weighted by Gasteiger charge is -2.08. The van der Waals surface area contributed by atoms with Gasteiger partial charge in [-0.05, 0) is 50.5 Å². The number of hydrazone groups is 1. The molecule has 0 fully saturated rings. The average molecular weight is 390 g/mol. The Bertz CT molecular complexity index is 1400. The number of carbonyl (C=O) groups excluding carboxylic acids is 1. The number of hydrogen-bond donors (Lipinski definition) is 2. The number of aromatic hydroxyl groups is 1. The molecule has 0 saturated carbocycles. The van der Waals surface area contributed by atoms with E-state index in [0.29, 0.717) is 0 Å². The van der Waals surface area contributed by atoms with E-state index in [2.05, 4.69) is 28.7 Å². The number of phenols is 1. The molecular formula is C26H18N2O2. The first-order valence-electron chi connectivity index (χ1n) is 9.66. The maximum Gasteiger partial charge on any atom is 0.275 e. The first-order chi connectivity index (χ1) is 14.7. The zero-order valence-electron chi connectivity index (χ0n) is 16.0. The van der Waals surface area contributed by atoms with E-state index in [1.54, 1.807) is 18.3 Å². The number of rotatable bonds is 3. The van der Waals surface area contributed by atoms with Crippen molar-refractivity contribution < 1.29 is 9.90 Å². The Morgan fingerprint density at radius 1 is 0.733 bits per heavy atom. The number of benzene rings is 5. The summed E-state index contributed by atoms with van der Waals surface area (Å²) in [4.78, 5) is 12.6. The predicted octanol–water partition coefficient (Wildman–Crippen LogP) is 5.62. The summed E-state index contributed by atoms with van der Waals surface area (Å²) in [5.74, 6) is -0.531. The molecule has 0 aliphatic heterocycles. The van der Waals surface area contributed by atoms with E-state index in [0.717, 1.165) is 37.9 Å². The van der Waals surface area contributed by atoms with Crippen molar-refractivity contribution >= 4 is 44.4 Å². The third kappa shape index (κ3) is 3.14. The molecule has 2 N–H and O–H groups in total. The second-order valence-corrected chi connectivity index (χ2v) is 7.15. The minimum atomic E-state index is -0.459. The van der Waals surface area contributed by atoms with Crippen LogP contribution in [0.25, 0.3) is 32.3 Å². The Morgan fingerprint density at radius 2 is 1.27 bits per heavy atom. The summed E-state index contributed by atoms with van der Waals surface area (Å²) in [6, 6.07) is 29.2. The molecule has 0 aromatic heterocycles. The van der Waals surface area contributed by atoms with Gasteiger partial charge in [0.15, 0.2) is 0 Å². The highest BCUT2D eigenvalue weighted by Crippen LogP contribution is 2.27. The van der Waals surface area contributed by atoms with E-state index in [1.807, 2.05) is 60.7 Å². The highest BCUT2D eigenvalue weighted by atomic mass is 16.3. The second-order valence-electron chi connectivity index (χ2n) is 7.15. The van der Waals surface area contributed by atoms with Gasteiger partial charge in [0.25, 0.3) is 5.91 Å². The largest absolute Gasteiger partial charge is 0.507 e. The predicted molar refractivity (Wildman–Crippen MR) is 122 cm³/mol. The van der Waals surface area contributed by atoms with Crippen molar-refractivity contribution in [1.29, 1.82) is 0 Å². The lowest BCUT2D eigenvalue weighted by molar-refractivity contribution is 0.0952. The minimum Gasteiger partial charge on any atom is -0.507 e. The molecule has 30 heavy (non-hydrogen) atoms. The zero-order chi connectivity index (χ0) is 20.5. The summed E-state index contributed by atoms with van der Waals surface area (Å²) in [5, 5.41) is 20.6. The maximum absolute atomic E-state index is 12.6. The van der Waals surface area contributed by atoms with Crippen molar-refractivity contribution in [1.82, 2.24) is 5.43 Å². The molecule has 144 valence electrons. The molecule has 1 amide bonds. The van der Waals surface area contributed by atoms with E-state index < -0.39 is 5.91 Å². The van der Waals surface area contributed by atoms with Gasteiger partial charge in [0.2, 0.25) is 0 Å². The summed E-state index contributed by atoms with van der Waals surface area (Å²) in [7, 11) is 0. The molecule has 4 heteroatoms. The molecule has 0 aliphatic rings. The van der Waals surface area contributed by atoms with Crippen LogP contribution in [0.15, 0.2) is 96.1 Å². The van der Waals surface area contributed by atoms with Crippen LogP contribution in [-0.2, 0) is 0 Å². The van der Waals surface area contributed by atoms with Crippen molar-refractivity contribution in [3.63, 3.8) is 0 Å². The highest BCUT2D eigenvalue weighted by Gasteiger charge is 2.12. The number of nitrogens with one attached hydrogen (secondary N) is 1. The summed E-state index contributed by atoms with van der Waals surface area (Å²) in [6.07, 6.45) is 1.67. The smallest absolute Gasteiger partial charge is 0.275 e. The van der Waals surface area contributed by atoms with E-state index >= 15 is 0 Å². The van der Waals surface area contributed by atoms with Crippen molar-refractivity contribution in [2.24, 2.45) is 5.10 Å². The lowest BCUT2D eigenvalue weighted by atomic mass is 9.97. The van der Waals surface area contributed by atoms with Crippen molar-refractivity contribution in [3.05, 3.63) is 102 Å². The van der Waals surface area contributed by atoms with Crippen LogP contribution in [0.5, 0.6) is 5.75 Å². The van der Waals surface area contributed by atoms with E-state index in [1.165, 1.54) is 0 Å². The molecule has 0 spiro atoms. The monoisotopic (exact) mass is 390 g/mol. The molecule has 0 saturated heterocycles. The van der Waals surface area contributed by atoms with Gasteiger partial charge in [-0.15, -0.1) is 0 Å². The number of carbonyl (C=O) groups is 1. The van der Waals surface area contributed by atoms with Gasteiger partial charge in [-0.2, -0.15) is 5.10 Å². The minimum absolute atomic E-state index is 0.0722. The summed E-state index contributed by atoms with van der Waals surface area (Å²) in [5.41, 5.74) is 3.68. The second kappa shape index (κ2) is 7.33. The van der Waals surface area contributed by atoms with Crippen LogP contribution in [0.2, 0.25) is 0 Å². The Balaban J connectivity index is 1.51. The quantitative estimate of drug-likeness (QED) is 0.239. The normalized spacial score (nSPS) is 11.5. The van der Waals surface area contributed by atoms with Gasteiger partial charge in [-0.25, -0.2) is 5.43 Å². The van der Waals surface area contributed by atoms with Crippen LogP contribution in [0.3, 0.4) is 0 Å². The fourth-order valence-corrected chi connectivity index (χ4v) is 3.81. The van der Waals surface area contributed by atoms with Crippen molar-refractivity contribution in [2.75, 3.05) is 0 Å². The molecule has 0 bridgehead atoms. The Morgan fingerprint density at radius 3 is 1.90 bits per heavy atom. The topological polar surface area (TPSA) is 61.7 Å². The Hall–Kier alpha value is -4.18. The number of amides is 1. The molecule has 0 unspecified atom stereocenters. The SMILES string of the molecule is O=C(NN=Cc1c2ccccc2cc2ccccc12)c1cc2ccccc2cc1O. The first kappa shape index (κ1) is 17.9. The molecular weight excluding hydrogens is 372 g/mol. The molecule has 0 heterocycles.